The van der Waals surface area contributed by atoms with Gasteiger partial charge in [0.1, 0.15) is 11.8 Å². The van der Waals surface area contributed by atoms with Crippen molar-refractivity contribution in [1.29, 1.82) is 0 Å². The number of ether oxygens (including phenoxy) is 1. The van der Waals surface area contributed by atoms with E-state index in [9.17, 15) is 9.90 Å². The summed E-state index contributed by atoms with van der Waals surface area (Å²) in [4.78, 5) is 15.2. The number of nitrogens with zero attached hydrogens (tertiary/aromatic N) is 2. The number of carbonyl (C=O) groups is 1. The summed E-state index contributed by atoms with van der Waals surface area (Å²) in [5.41, 5.74) is 0.650. The number of carboxylic acid groups (broad SMARTS) is 1. The number of hydrogen-bond donors (Lipinski definition) is 0. The average molecular weight is 362 g/mol. The Morgan fingerprint density at radius 1 is 1.08 bits per heavy atom. The molecule has 0 saturated carbocycles. The largest absolute Gasteiger partial charge is 0.530 e. The molecule has 0 bridgehead atoms. The highest BCUT2D eigenvalue weighted by molar-refractivity contribution is 5.84. The summed E-state index contributed by atoms with van der Waals surface area (Å²) in [7, 11) is 0. The SMILES string of the molecule is CCCCCCCOc1ccc(N(CCN2CCCCC2)C(=O)[O-])cc1. The van der Waals surface area contributed by atoms with Gasteiger partial charge in [-0.25, -0.2) is 0 Å². The summed E-state index contributed by atoms with van der Waals surface area (Å²) in [6, 6.07) is 7.30. The molecule has 0 radical (unpaired) electrons. The number of hydrogen-bond acceptors (Lipinski definition) is 4. The van der Waals surface area contributed by atoms with Crippen LogP contribution in [0.1, 0.15) is 58.3 Å². The van der Waals surface area contributed by atoms with Crippen molar-refractivity contribution in [2.45, 2.75) is 58.3 Å². The van der Waals surface area contributed by atoms with Crippen LogP contribution in [0.3, 0.4) is 0 Å². The van der Waals surface area contributed by atoms with Crippen LogP contribution < -0.4 is 14.7 Å². The lowest BCUT2D eigenvalue weighted by Crippen LogP contribution is -2.46. The molecule has 5 heteroatoms. The van der Waals surface area contributed by atoms with E-state index in [4.69, 9.17) is 4.74 Å². The Balaban J connectivity index is 1.78. The Hall–Kier alpha value is -1.75. The second-order valence-electron chi connectivity index (χ2n) is 7.08. The van der Waals surface area contributed by atoms with Crippen LogP contribution >= 0.6 is 0 Å². The van der Waals surface area contributed by atoms with Crippen LogP contribution in [0.2, 0.25) is 0 Å². The minimum Gasteiger partial charge on any atom is -0.530 e. The molecule has 5 nitrogen and oxygen atoms in total. The number of carbonyl (C=O) groups excluding carboxylic acids is 1. The molecule has 1 aliphatic rings. The molecule has 1 heterocycles. The highest BCUT2D eigenvalue weighted by Gasteiger charge is 2.13. The lowest BCUT2D eigenvalue weighted by atomic mass is 10.1. The maximum Gasteiger partial charge on any atom is 0.141 e. The molecule has 1 aromatic carbocycles. The summed E-state index contributed by atoms with van der Waals surface area (Å²) < 4.78 is 5.75. The fraction of sp³-hybridized carbons (Fsp3) is 0.667. The van der Waals surface area contributed by atoms with Crippen molar-refractivity contribution in [2.75, 3.05) is 37.7 Å². The molecule has 0 atom stereocenters. The van der Waals surface area contributed by atoms with Gasteiger partial charge in [0.2, 0.25) is 0 Å². The van der Waals surface area contributed by atoms with E-state index in [0.29, 0.717) is 18.8 Å². The first-order chi connectivity index (χ1) is 12.7. The molecule has 0 aliphatic carbocycles. The van der Waals surface area contributed by atoms with Gasteiger partial charge in [-0.05, 0) is 56.6 Å². The molecule has 0 spiro atoms. The number of unbranched alkanes of at least 4 members (excludes halogenated alkanes) is 4. The molecular formula is C21H33N2O3-. The van der Waals surface area contributed by atoms with Gasteiger partial charge >= 0.3 is 0 Å². The molecule has 1 amide bonds. The van der Waals surface area contributed by atoms with Gasteiger partial charge in [0.15, 0.2) is 0 Å². The normalized spacial score (nSPS) is 15.0. The molecule has 1 aromatic rings. The maximum atomic E-state index is 11.5. The molecule has 2 rings (SSSR count). The minimum absolute atomic E-state index is 0.444. The van der Waals surface area contributed by atoms with Gasteiger partial charge in [-0.3, -0.25) is 0 Å². The van der Waals surface area contributed by atoms with E-state index >= 15 is 0 Å². The highest BCUT2D eigenvalue weighted by atomic mass is 16.5. The third kappa shape index (κ3) is 7.24. The second kappa shape index (κ2) is 11.8. The van der Waals surface area contributed by atoms with Gasteiger partial charge in [-0.15, -0.1) is 0 Å². The summed E-state index contributed by atoms with van der Waals surface area (Å²) in [5, 5.41) is 11.5. The average Bonchev–Trinajstić information content (AvgIpc) is 2.66. The molecule has 0 unspecified atom stereocenters. The predicted molar refractivity (Wildman–Crippen MR) is 104 cm³/mol. The van der Waals surface area contributed by atoms with E-state index < -0.39 is 6.09 Å². The molecule has 0 aromatic heterocycles. The predicted octanol–water partition coefficient (Wildman–Crippen LogP) is 3.67. The van der Waals surface area contributed by atoms with E-state index in [1.807, 2.05) is 12.1 Å². The first-order valence-corrected chi connectivity index (χ1v) is 10.1. The second-order valence-corrected chi connectivity index (χ2v) is 7.08. The van der Waals surface area contributed by atoms with Crippen molar-refractivity contribution < 1.29 is 14.6 Å². The number of likely N-dealkylation sites (tertiary alicyclic amines) is 1. The molecule has 1 fully saturated rings. The minimum atomic E-state index is -1.15. The summed E-state index contributed by atoms with van der Waals surface area (Å²) in [6.45, 7) is 6.24. The Labute approximate surface area is 157 Å². The van der Waals surface area contributed by atoms with E-state index in [-0.39, 0.29) is 0 Å². The quantitative estimate of drug-likeness (QED) is 0.564. The van der Waals surface area contributed by atoms with Crippen molar-refractivity contribution in [1.82, 2.24) is 4.90 Å². The van der Waals surface area contributed by atoms with Crippen LogP contribution in [0.25, 0.3) is 0 Å². The topological polar surface area (TPSA) is 55.8 Å². The van der Waals surface area contributed by atoms with Crippen LogP contribution in [0.15, 0.2) is 24.3 Å². The van der Waals surface area contributed by atoms with Gasteiger partial charge in [0.05, 0.1) is 6.61 Å². The first kappa shape index (κ1) is 20.6. The van der Waals surface area contributed by atoms with Crippen molar-refractivity contribution in [3.63, 3.8) is 0 Å². The van der Waals surface area contributed by atoms with E-state index in [0.717, 1.165) is 31.8 Å². The van der Waals surface area contributed by atoms with Crippen LogP contribution in [-0.2, 0) is 0 Å². The monoisotopic (exact) mass is 361 g/mol. The molecule has 26 heavy (non-hydrogen) atoms. The molecule has 146 valence electrons. The zero-order valence-electron chi connectivity index (χ0n) is 16.1. The molecule has 1 saturated heterocycles. The zero-order valence-corrected chi connectivity index (χ0v) is 16.1. The van der Waals surface area contributed by atoms with Gasteiger partial charge < -0.3 is 24.4 Å². The third-order valence-corrected chi connectivity index (χ3v) is 4.97. The molecule has 0 N–H and O–H groups in total. The van der Waals surface area contributed by atoms with Crippen molar-refractivity contribution in [2.24, 2.45) is 0 Å². The number of benzene rings is 1. The van der Waals surface area contributed by atoms with Crippen LogP contribution in [0, 0.1) is 0 Å². The zero-order chi connectivity index (χ0) is 18.6. The first-order valence-electron chi connectivity index (χ1n) is 10.1. The number of piperidine rings is 1. The fourth-order valence-corrected chi connectivity index (χ4v) is 3.37. The standard InChI is InChI=1S/C21H34N2O3/c1-2-3-4-5-9-18-26-20-12-10-19(11-13-20)23(21(24)25)17-16-22-14-7-6-8-15-22/h10-13H,2-9,14-18H2,1H3,(H,24,25)/p-1. The van der Waals surface area contributed by atoms with E-state index in [1.165, 1.54) is 49.8 Å². The fourth-order valence-electron chi connectivity index (χ4n) is 3.37. The highest BCUT2D eigenvalue weighted by Crippen LogP contribution is 2.20. The Kier molecular flexibility index (Phi) is 9.32. The summed E-state index contributed by atoms with van der Waals surface area (Å²) in [5.74, 6) is 0.790. The lowest BCUT2D eigenvalue weighted by molar-refractivity contribution is -0.246. The third-order valence-electron chi connectivity index (χ3n) is 4.97. The lowest BCUT2D eigenvalue weighted by Gasteiger charge is -2.31. The Bertz CT molecular complexity index is 512. The maximum absolute atomic E-state index is 11.5. The Morgan fingerprint density at radius 2 is 1.77 bits per heavy atom. The van der Waals surface area contributed by atoms with Gasteiger partial charge in [-0.2, -0.15) is 0 Å². The van der Waals surface area contributed by atoms with Gasteiger partial charge in [-0.1, -0.05) is 39.0 Å². The van der Waals surface area contributed by atoms with E-state index in [2.05, 4.69) is 11.8 Å². The van der Waals surface area contributed by atoms with Crippen molar-refractivity contribution in [3.05, 3.63) is 24.3 Å². The number of amides is 1. The van der Waals surface area contributed by atoms with Crippen LogP contribution in [0.5, 0.6) is 5.75 Å². The number of anilines is 1. The van der Waals surface area contributed by atoms with E-state index in [1.54, 1.807) is 12.1 Å². The molecule has 1 aliphatic heterocycles. The smallest absolute Gasteiger partial charge is 0.141 e. The number of rotatable bonds is 11. The van der Waals surface area contributed by atoms with Crippen LogP contribution in [-0.4, -0.2) is 43.8 Å². The van der Waals surface area contributed by atoms with Crippen LogP contribution in [0.4, 0.5) is 10.5 Å². The van der Waals surface area contributed by atoms with Gasteiger partial charge in [0, 0.05) is 18.8 Å². The summed E-state index contributed by atoms with van der Waals surface area (Å²) >= 11 is 0. The van der Waals surface area contributed by atoms with Crippen molar-refractivity contribution >= 4 is 11.8 Å². The summed E-state index contributed by atoms with van der Waals surface area (Å²) in [6.07, 6.45) is 8.58. The molecular weight excluding hydrogens is 328 g/mol. The Morgan fingerprint density at radius 3 is 2.42 bits per heavy atom. The van der Waals surface area contributed by atoms with Gasteiger partial charge in [0.25, 0.3) is 0 Å². The van der Waals surface area contributed by atoms with Crippen molar-refractivity contribution in [3.8, 4) is 5.75 Å².